The molecule has 1 unspecified atom stereocenters. The molecule has 15 heavy (non-hydrogen) atoms. The third-order valence-electron chi connectivity index (χ3n) is 2.85. The molecule has 1 N–H and O–H groups in total. The van der Waals surface area contributed by atoms with Crippen molar-refractivity contribution in [3.8, 4) is 0 Å². The van der Waals surface area contributed by atoms with E-state index in [-0.39, 0.29) is 0 Å². The number of aromatic nitrogens is 2. The van der Waals surface area contributed by atoms with Gasteiger partial charge in [-0.25, -0.2) is 9.97 Å². The molecule has 0 aliphatic heterocycles. The second kappa shape index (κ2) is 4.96. The maximum Gasteiger partial charge on any atom is 0.134 e. The van der Waals surface area contributed by atoms with Crippen molar-refractivity contribution in [2.45, 2.75) is 26.8 Å². The maximum atomic E-state index is 4.27. The molecule has 0 saturated heterocycles. The van der Waals surface area contributed by atoms with Gasteiger partial charge in [0, 0.05) is 26.2 Å². The summed E-state index contributed by atoms with van der Waals surface area (Å²) in [5.74, 6) is 2.40. The average molecular weight is 208 g/mol. The number of nitrogens with one attached hydrogen (secondary N) is 1. The van der Waals surface area contributed by atoms with Gasteiger partial charge in [-0.1, -0.05) is 13.8 Å². The quantitative estimate of drug-likeness (QED) is 0.821. The van der Waals surface area contributed by atoms with E-state index >= 15 is 0 Å². The summed E-state index contributed by atoms with van der Waals surface area (Å²) in [6, 6.07) is 2.42. The lowest BCUT2D eigenvalue weighted by molar-refractivity contribution is 0.502. The molecule has 1 aromatic rings. The summed E-state index contributed by atoms with van der Waals surface area (Å²) in [6.07, 6.45) is 1.59. The topological polar surface area (TPSA) is 41.0 Å². The van der Waals surface area contributed by atoms with E-state index in [0.29, 0.717) is 12.0 Å². The Labute approximate surface area is 91.7 Å². The van der Waals surface area contributed by atoms with Crippen LogP contribution in [-0.4, -0.2) is 30.1 Å². The lowest BCUT2D eigenvalue weighted by Gasteiger charge is -2.28. The van der Waals surface area contributed by atoms with Gasteiger partial charge in [0.05, 0.1) is 0 Å². The third-order valence-corrected chi connectivity index (χ3v) is 2.85. The van der Waals surface area contributed by atoms with Crippen molar-refractivity contribution >= 4 is 11.6 Å². The molecule has 1 rings (SSSR count). The second-order valence-electron chi connectivity index (χ2n) is 4.11. The Hall–Kier alpha value is -1.32. The molecule has 4 heteroatoms. The highest BCUT2D eigenvalue weighted by Gasteiger charge is 2.14. The van der Waals surface area contributed by atoms with Gasteiger partial charge in [-0.3, -0.25) is 0 Å². The highest BCUT2D eigenvalue weighted by atomic mass is 15.2. The first-order valence-electron chi connectivity index (χ1n) is 5.29. The monoisotopic (exact) mass is 208 g/mol. The van der Waals surface area contributed by atoms with Gasteiger partial charge < -0.3 is 10.2 Å². The van der Waals surface area contributed by atoms with Gasteiger partial charge in [-0.2, -0.15) is 0 Å². The fourth-order valence-electron chi connectivity index (χ4n) is 1.33. The lowest BCUT2D eigenvalue weighted by atomic mass is 10.1. The highest BCUT2D eigenvalue weighted by Crippen LogP contribution is 2.18. The number of nitrogens with zero attached hydrogens (tertiary/aromatic N) is 3. The van der Waals surface area contributed by atoms with E-state index in [4.69, 9.17) is 0 Å². The summed E-state index contributed by atoms with van der Waals surface area (Å²) < 4.78 is 0. The van der Waals surface area contributed by atoms with Crippen LogP contribution in [0.1, 0.15) is 20.8 Å². The molecule has 0 aliphatic rings. The molecule has 1 atom stereocenters. The van der Waals surface area contributed by atoms with Crippen LogP contribution in [0.4, 0.5) is 11.6 Å². The number of hydrogen-bond donors (Lipinski definition) is 1. The van der Waals surface area contributed by atoms with Gasteiger partial charge in [0.2, 0.25) is 0 Å². The van der Waals surface area contributed by atoms with Crippen molar-refractivity contribution in [2.24, 2.45) is 5.92 Å². The van der Waals surface area contributed by atoms with E-state index in [1.807, 2.05) is 13.1 Å². The summed E-state index contributed by atoms with van der Waals surface area (Å²) in [5.41, 5.74) is 0. The Bertz CT molecular complexity index is 311. The van der Waals surface area contributed by atoms with Gasteiger partial charge in [0.1, 0.15) is 18.0 Å². The maximum absolute atomic E-state index is 4.27. The average Bonchev–Trinajstić information content (AvgIpc) is 2.27. The van der Waals surface area contributed by atoms with Crippen LogP contribution in [0.15, 0.2) is 12.4 Å². The smallest absolute Gasteiger partial charge is 0.134 e. The summed E-state index contributed by atoms with van der Waals surface area (Å²) in [6.45, 7) is 6.62. The molecule has 4 nitrogen and oxygen atoms in total. The van der Waals surface area contributed by atoms with E-state index in [9.17, 15) is 0 Å². The van der Waals surface area contributed by atoms with Gasteiger partial charge in [0.15, 0.2) is 0 Å². The Morgan fingerprint density at radius 1 is 1.27 bits per heavy atom. The Morgan fingerprint density at radius 2 is 1.93 bits per heavy atom. The molecular formula is C11H20N4. The normalized spacial score (nSPS) is 12.7. The van der Waals surface area contributed by atoms with Crippen molar-refractivity contribution in [1.82, 2.24) is 9.97 Å². The number of anilines is 2. The first-order valence-corrected chi connectivity index (χ1v) is 5.29. The SMILES string of the molecule is CNc1cc(N(C)C(C)C(C)C)ncn1. The van der Waals surface area contributed by atoms with Crippen molar-refractivity contribution in [1.29, 1.82) is 0 Å². The minimum absolute atomic E-state index is 0.463. The number of hydrogen-bond acceptors (Lipinski definition) is 4. The van der Waals surface area contributed by atoms with Crippen LogP contribution < -0.4 is 10.2 Å². The molecule has 1 aromatic heterocycles. The number of rotatable bonds is 4. The van der Waals surface area contributed by atoms with Crippen molar-refractivity contribution in [3.63, 3.8) is 0 Å². The van der Waals surface area contributed by atoms with Crippen LogP contribution in [0, 0.1) is 5.92 Å². The van der Waals surface area contributed by atoms with Crippen LogP contribution >= 0.6 is 0 Å². The lowest BCUT2D eigenvalue weighted by Crippen LogP contribution is -2.33. The van der Waals surface area contributed by atoms with Crippen LogP contribution in [0.25, 0.3) is 0 Å². The standard InChI is InChI=1S/C11H20N4/c1-8(2)9(3)15(5)11-6-10(12-4)13-7-14-11/h6-9H,1-5H3,(H,12,13,14). The van der Waals surface area contributed by atoms with Crippen LogP contribution in [-0.2, 0) is 0 Å². The Morgan fingerprint density at radius 3 is 2.47 bits per heavy atom. The molecular weight excluding hydrogens is 188 g/mol. The summed E-state index contributed by atoms with van der Waals surface area (Å²) in [4.78, 5) is 10.5. The van der Waals surface area contributed by atoms with E-state index in [1.54, 1.807) is 6.33 Å². The van der Waals surface area contributed by atoms with E-state index in [1.165, 1.54) is 0 Å². The van der Waals surface area contributed by atoms with E-state index in [2.05, 4.69) is 48.0 Å². The zero-order chi connectivity index (χ0) is 11.4. The third kappa shape index (κ3) is 2.81. The van der Waals surface area contributed by atoms with Crippen molar-refractivity contribution in [2.75, 3.05) is 24.3 Å². The van der Waals surface area contributed by atoms with Crippen LogP contribution in [0.5, 0.6) is 0 Å². The Kier molecular flexibility index (Phi) is 3.88. The van der Waals surface area contributed by atoms with Gasteiger partial charge in [0.25, 0.3) is 0 Å². The molecule has 84 valence electrons. The van der Waals surface area contributed by atoms with Crippen LogP contribution in [0.2, 0.25) is 0 Å². The summed E-state index contributed by atoms with van der Waals surface area (Å²) in [5, 5.41) is 3.01. The predicted molar refractivity (Wildman–Crippen MR) is 64.3 cm³/mol. The minimum Gasteiger partial charge on any atom is -0.373 e. The molecule has 0 bridgehead atoms. The minimum atomic E-state index is 0.463. The summed E-state index contributed by atoms with van der Waals surface area (Å²) >= 11 is 0. The molecule has 0 fully saturated rings. The first-order chi connectivity index (χ1) is 7.06. The molecule has 0 aliphatic carbocycles. The molecule has 0 amide bonds. The fourth-order valence-corrected chi connectivity index (χ4v) is 1.33. The van der Waals surface area contributed by atoms with E-state index in [0.717, 1.165) is 11.6 Å². The first kappa shape index (κ1) is 11.8. The largest absolute Gasteiger partial charge is 0.373 e. The zero-order valence-corrected chi connectivity index (χ0v) is 10.2. The zero-order valence-electron chi connectivity index (χ0n) is 10.2. The van der Waals surface area contributed by atoms with Gasteiger partial charge in [-0.15, -0.1) is 0 Å². The van der Waals surface area contributed by atoms with Crippen molar-refractivity contribution < 1.29 is 0 Å². The highest BCUT2D eigenvalue weighted by molar-refractivity contribution is 5.48. The predicted octanol–water partition coefficient (Wildman–Crippen LogP) is 2.00. The van der Waals surface area contributed by atoms with Crippen molar-refractivity contribution in [3.05, 3.63) is 12.4 Å². The van der Waals surface area contributed by atoms with E-state index < -0.39 is 0 Å². The summed E-state index contributed by atoms with van der Waals surface area (Å²) in [7, 11) is 3.92. The van der Waals surface area contributed by atoms with Crippen LogP contribution in [0.3, 0.4) is 0 Å². The Balaban J connectivity index is 2.85. The van der Waals surface area contributed by atoms with Gasteiger partial charge in [-0.05, 0) is 12.8 Å². The van der Waals surface area contributed by atoms with Gasteiger partial charge >= 0.3 is 0 Å². The molecule has 0 aromatic carbocycles. The molecule has 0 saturated carbocycles. The second-order valence-corrected chi connectivity index (χ2v) is 4.11. The fraction of sp³-hybridized carbons (Fsp3) is 0.636. The molecule has 1 heterocycles. The molecule has 0 radical (unpaired) electrons. The molecule has 0 spiro atoms.